The highest BCUT2D eigenvalue weighted by Crippen LogP contribution is 2.41. The van der Waals surface area contributed by atoms with Crippen molar-refractivity contribution >= 4 is 12.4 Å². The molecule has 0 unspecified atom stereocenters. The molecule has 0 saturated carbocycles. The second-order valence-corrected chi connectivity index (χ2v) is 8.72. The first-order valence-electron chi connectivity index (χ1n) is 11.3. The van der Waals surface area contributed by atoms with Crippen molar-refractivity contribution in [2.45, 2.75) is 31.3 Å². The molecule has 170 valence electrons. The number of nitrogens with zero attached hydrogens (tertiary/aromatic N) is 3. The topological polar surface area (TPSA) is 21.1 Å². The van der Waals surface area contributed by atoms with E-state index < -0.39 is 0 Å². The Morgan fingerprint density at radius 3 is 1.88 bits per heavy atom. The van der Waals surface area contributed by atoms with Gasteiger partial charge in [0.05, 0.1) is 12.2 Å². The molecular weight excluding hydrogens is 433 g/mol. The average Bonchev–Trinajstić information content (AvgIpc) is 3.29. The van der Waals surface area contributed by atoms with Crippen molar-refractivity contribution in [2.24, 2.45) is 0 Å². The predicted octanol–water partition coefficient (Wildman–Crippen LogP) is 6.07. The van der Waals surface area contributed by atoms with Crippen molar-refractivity contribution in [3.63, 3.8) is 0 Å². The van der Waals surface area contributed by atoms with Crippen LogP contribution >= 0.6 is 12.4 Å². The van der Waals surface area contributed by atoms with Gasteiger partial charge in [-0.3, -0.25) is 9.58 Å². The van der Waals surface area contributed by atoms with E-state index in [1.807, 2.05) is 23.0 Å². The fourth-order valence-electron chi connectivity index (χ4n) is 4.93. The molecule has 0 N–H and O–H groups in total. The zero-order chi connectivity index (χ0) is 21.8. The number of piperidine rings is 1. The molecule has 0 bridgehead atoms. The molecular formula is C28H29ClFN3. The van der Waals surface area contributed by atoms with Gasteiger partial charge in [0.25, 0.3) is 0 Å². The Hall–Kier alpha value is -2.95. The summed E-state index contributed by atoms with van der Waals surface area (Å²) in [7, 11) is 0. The highest BCUT2D eigenvalue weighted by atomic mass is 35.5. The molecule has 1 aliphatic rings. The van der Waals surface area contributed by atoms with Crippen LogP contribution in [0.25, 0.3) is 0 Å². The van der Waals surface area contributed by atoms with Gasteiger partial charge in [-0.1, -0.05) is 72.8 Å². The van der Waals surface area contributed by atoms with Crippen molar-refractivity contribution in [1.82, 2.24) is 14.7 Å². The van der Waals surface area contributed by atoms with Crippen LogP contribution < -0.4 is 0 Å². The molecule has 2 heterocycles. The number of likely N-dealkylation sites (tertiary alicyclic amines) is 1. The summed E-state index contributed by atoms with van der Waals surface area (Å²) in [4.78, 5) is 2.51. The van der Waals surface area contributed by atoms with Crippen LogP contribution in [-0.4, -0.2) is 27.8 Å². The van der Waals surface area contributed by atoms with Gasteiger partial charge in [-0.15, -0.1) is 12.4 Å². The van der Waals surface area contributed by atoms with Crippen molar-refractivity contribution in [2.75, 3.05) is 13.1 Å². The molecule has 0 atom stereocenters. The summed E-state index contributed by atoms with van der Waals surface area (Å²) in [6, 6.07) is 30.6. The van der Waals surface area contributed by atoms with Crippen LogP contribution in [0.1, 0.15) is 35.2 Å². The summed E-state index contributed by atoms with van der Waals surface area (Å²) in [5.74, 6) is -0.206. The first-order valence-corrected chi connectivity index (χ1v) is 11.3. The lowest BCUT2D eigenvalue weighted by Gasteiger charge is -2.42. The minimum Gasteiger partial charge on any atom is -0.297 e. The minimum atomic E-state index is -0.206. The van der Waals surface area contributed by atoms with E-state index in [2.05, 4.69) is 71.6 Å². The Bertz CT molecular complexity index is 1090. The molecule has 3 aromatic carbocycles. The van der Waals surface area contributed by atoms with Gasteiger partial charge < -0.3 is 0 Å². The number of halogens is 2. The summed E-state index contributed by atoms with van der Waals surface area (Å²) in [6.07, 6.45) is 4.20. The maximum atomic E-state index is 13.1. The van der Waals surface area contributed by atoms with Crippen LogP contribution in [0.4, 0.5) is 4.39 Å². The lowest BCUT2D eigenvalue weighted by Crippen LogP contribution is -2.43. The Labute approximate surface area is 201 Å². The molecule has 1 fully saturated rings. The summed E-state index contributed by atoms with van der Waals surface area (Å²) < 4.78 is 15.1. The molecule has 5 rings (SSSR count). The fourth-order valence-corrected chi connectivity index (χ4v) is 4.93. The van der Waals surface area contributed by atoms with Crippen LogP contribution in [-0.2, 0) is 18.5 Å². The molecule has 0 aliphatic carbocycles. The Morgan fingerprint density at radius 1 is 0.727 bits per heavy atom. The van der Waals surface area contributed by atoms with E-state index in [4.69, 9.17) is 5.10 Å². The van der Waals surface area contributed by atoms with Gasteiger partial charge in [-0.2, -0.15) is 5.10 Å². The summed E-state index contributed by atoms with van der Waals surface area (Å²) in [5.41, 5.74) is 5.03. The van der Waals surface area contributed by atoms with E-state index in [0.717, 1.165) is 43.7 Å². The lowest BCUT2D eigenvalue weighted by molar-refractivity contribution is 0.170. The Balaban J connectivity index is 0.00000259. The highest BCUT2D eigenvalue weighted by Gasteiger charge is 2.37. The zero-order valence-corrected chi connectivity index (χ0v) is 19.4. The van der Waals surface area contributed by atoms with Gasteiger partial charge >= 0.3 is 0 Å². The summed E-state index contributed by atoms with van der Waals surface area (Å²) in [6.45, 7) is 3.59. The van der Waals surface area contributed by atoms with E-state index in [9.17, 15) is 4.39 Å². The average molecular weight is 462 g/mol. The normalized spacial score (nSPS) is 15.7. The number of benzene rings is 3. The van der Waals surface area contributed by atoms with Crippen molar-refractivity contribution in [3.8, 4) is 0 Å². The molecule has 0 radical (unpaired) electrons. The lowest BCUT2D eigenvalue weighted by atomic mass is 9.68. The molecule has 1 saturated heterocycles. The monoisotopic (exact) mass is 461 g/mol. The number of rotatable bonds is 6. The smallest absolute Gasteiger partial charge is 0.123 e. The second kappa shape index (κ2) is 10.3. The fraction of sp³-hybridized carbons (Fsp3) is 0.250. The van der Waals surface area contributed by atoms with E-state index in [-0.39, 0.29) is 23.6 Å². The van der Waals surface area contributed by atoms with Gasteiger partial charge in [0.15, 0.2) is 0 Å². The zero-order valence-electron chi connectivity index (χ0n) is 18.6. The van der Waals surface area contributed by atoms with Crippen LogP contribution in [0.5, 0.6) is 0 Å². The predicted molar refractivity (Wildman–Crippen MR) is 133 cm³/mol. The van der Waals surface area contributed by atoms with E-state index >= 15 is 0 Å². The van der Waals surface area contributed by atoms with Crippen LogP contribution in [0.3, 0.4) is 0 Å². The molecule has 33 heavy (non-hydrogen) atoms. The molecule has 0 amide bonds. The maximum Gasteiger partial charge on any atom is 0.123 e. The van der Waals surface area contributed by atoms with E-state index in [0.29, 0.717) is 6.54 Å². The third-order valence-electron chi connectivity index (χ3n) is 6.70. The minimum absolute atomic E-state index is 0. The molecule has 5 heteroatoms. The standard InChI is InChI=1S/C28H28FN3.ClH/c29-26-13-11-23(12-14-26)21-32-18-15-27(30-32)22-31-19-16-28(17-20-31,24-7-3-1-4-8-24)25-9-5-2-6-10-25;/h1-15,18H,16-17,19-22H2;1H. The van der Waals surface area contributed by atoms with Gasteiger partial charge in [-0.05, 0) is 60.8 Å². The summed E-state index contributed by atoms with van der Waals surface area (Å²) >= 11 is 0. The maximum absolute atomic E-state index is 13.1. The van der Waals surface area contributed by atoms with Crippen molar-refractivity contribution in [1.29, 1.82) is 0 Å². The number of hydrogen-bond donors (Lipinski definition) is 0. The largest absolute Gasteiger partial charge is 0.297 e. The molecule has 4 aromatic rings. The Morgan fingerprint density at radius 2 is 1.30 bits per heavy atom. The quantitative estimate of drug-likeness (QED) is 0.347. The van der Waals surface area contributed by atoms with Crippen LogP contribution in [0, 0.1) is 5.82 Å². The van der Waals surface area contributed by atoms with Gasteiger partial charge in [0.2, 0.25) is 0 Å². The van der Waals surface area contributed by atoms with Crippen molar-refractivity contribution < 1.29 is 4.39 Å². The van der Waals surface area contributed by atoms with E-state index in [1.165, 1.54) is 23.3 Å². The van der Waals surface area contributed by atoms with Gasteiger partial charge in [0, 0.05) is 18.2 Å². The first-order chi connectivity index (χ1) is 15.7. The third kappa shape index (κ3) is 5.18. The highest BCUT2D eigenvalue weighted by molar-refractivity contribution is 5.85. The SMILES string of the molecule is Cl.Fc1ccc(Cn2ccc(CN3CCC(c4ccccc4)(c4ccccc4)CC3)n2)cc1. The summed E-state index contributed by atoms with van der Waals surface area (Å²) in [5, 5.41) is 4.76. The second-order valence-electron chi connectivity index (χ2n) is 8.72. The molecule has 1 aromatic heterocycles. The van der Waals surface area contributed by atoms with Gasteiger partial charge in [-0.25, -0.2) is 4.39 Å². The molecule has 0 spiro atoms. The van der Waals surface area contributed by atoms with Gasteiger partial charge in [0.1, 0.15) is 5.82 Å². The van der Waals surface area contributed by atoms with Crippen LogP contribution in [0.15, 0.2) is 97.2 Å². The number of aromatic nitrogens is 2. The van der Waals surface area contributed by atoms with E-state index in [1.54, 1.807) is 0 Å². The first kappa shape index (κ1) is 23.2. The Kier molecular flexibility index (Phi) is 7.26. The molecule has 1 aliphatic heterocycles. The third-order valence-corrected chi connectivity index (χ3v) is 6.70. The molecule has 3 nitrogen and oxygen atoms in total. The van der Waals surface area contributed by atoms with Crippen molar-refractivity contribution in [3.05, 3.63) is 125 Å². The number of hydrogen-bond acceptors (Lipinski definition) is 2. The van der Waals surface area contributed by atoms with Crippen LogP contribution in [0.2, 0.25) is 0 Å².